The van der Waals surface area contributed by atoms with Gasteiger partial charge in [0.05, 0.1) is 7.11 Å². The second-order valence-electron chi connectivity index (χ2n) is 6.39. The molecule has 122 valence electrons. The van der Waals surface area contributed by atoms with E-state index in [1.807, 2.05) is 36.4 Å². The molecule has 0 aliphatic carbocycles. The zero-order chi connectivity index (χ0) is 16.5. The topological polar surface area (TPSA) is 41.5 Å². The number of nitrogens with zero attached hydrogens (tertiary/aromatic N) is 4. The van der Waals surface area contributed by atoms with Crippen molar-refractivity contribution in [3.05, 3.63) is 47.7 Å². The van der Waals surface area contributed by atoms with Gasteiger partial charge in [-0.25, -0.2) is 0 Å². The fourth-order valence-corrected chi connectivity index (χ4v) is 3.50. The van der Waals surface area contributed by atoms with E-state index in [0.717, 1.165) is 30.2 Å². The van der Waals surface area contributed by atoms with Gasteiger partial charge in [-0.05, 0) is 55.8 Å². The van der Waals surface area contributed by atoms with Gasteiger partial charge in [-0.15, -0.1) is 10.2 Å². The van der Waals surface area contributed by atoms with Gasteiger partial charge >= 0.3 is 0 Å². The van der Waals surface area contributed by atoms with Crippen LogP contribution in [0.3, 0.4) is 0 Å². The number of aromatic nitrogens is 2. The number of ether oxygens (including phenoxy) is 1. The average molecular weight is 320 g/mol. The lowest BCUT2D eigenvalue weighted by atomic mass is 10.2. The Balaban J connectivity index is 1.46. The second-order valence-corrected chi connectivity index (χ2v) is 6.39. The van der Waals surface area contributed by atoms with Crippen molar-refractivity contribution in [1.29, 1.82) is 0 Å². The van der Waals surface area contributed by atoms with Gasteiger partial charge in [-0.2, -0.15) is 0 Å². The fraction of sp³-hybridized carbons (Fsp3) is 0.368. The van der Waals surface area contributed by atoms with Crippen LogP contribution in [0.25, 0.3) is 0 Å². The van der Waals surface area contributed by atoms with Gasteiger partial charge in [0, 0.05) is 30.7 Å². The minimum Gasteiger partial charge on any atom is -0.497 e. The van der Waals surface area contributed by atoms with Crippen LogP contribution in [-0.4, -0.2) is 54.4 Å². The lowest BCUT2D eigenvalue weighted by molar-refractivity contribution is 0.292. The van der Waals surface area contributed by atoms with E-state index in [1.165, 1.54) is 6.42 Å². The molecule has 1 aromatic heterocycles. The number of hydrogen-bond acceptors (Lipinski definition) is 5. The van der Waals surface area contributed by atoms with Gasteiger partial charge in [-0.3, -0.25) is 4.90 Å². The van der Waals surface area contributed by atoms with E-state index in [-0.39, 0.29) is 0 Å². The Morgan fingerprint density at radius 3 is 2.42 bits per heavy atom. The normalized spacial score (nSPS) is 22.3. The molecule has 2 bridgehead atoms. The highest BCUT2D eigenvalue weighted by Crippen LogP contribution is 2.32. The number of likely N-dealkylation sites (tertiary alicyclic amines) is 1. The number of piperazine rings is 1. The molecular formula is C19H20N4O. The molecular weight excluding hydrogens is 300 g/mol. The largest absolute Gasteiger partial charge is 0.497 e. The van der Waals surface area contributed by atoms with Gasteiger partial charge in [0.1, 0.15) is 11.4 Å². The van der Waals surface area contributed by atoms with Crippen molar-refractivity contribution in [3.8, 4) is 17.6 Å². The average Bonchev–Trinajstić information content (AvgIpc) is 3.20. The van der Waals surface area contributed by atoms with Crippen LogP contribution in [0.2, 0.25) is 0 Å². The first kappa shape index (κ1) is 15.0. The smallest absolute Gasteiger partial charge is 0.151 e. The van der Waals surface area contributed by atoms with E-state index in [2.05, 4.69) is 38.9 Å². The van der Waals surface area contributed by atoms with Crippen molar-refractivity contribution in [2.24, 2.45) is 0 Å². The number of anilines is 1. The van der Waals surface area contributed by atoms with E-state index in [0.29, 0.717) is 17.8 Å². The molecule has 4 rings (SSSR count). The van der Waals surface area contributed by atoms with Crippen molar-refractivity contribution in [1.82, 2.24) is 15.1 Å². The zero-order valence-corrected chi connectivity index (χ0v) is 13.9. The molecule has 2 aliphatic heterocycles. The van der Waals surface area contributed by atoms with Crippen LogP contribution in [0.5, 0.6) is 5.75 Å². The third kappa shape index (κ3) is 2.81. The van der Waals surface area contributed by atoms with E-state index >= 15 is 0 Å². The Morgan fingerprint density at radius 2 is 1.83 bits per heavy atom. The molecule has 24 heavy (non-hydrogen) atoms. The Hall–Kier alpha value is -2.58. The van der Waals surface area contributed by atoms with Gasteiger partial charge in [0.15, 0.2) is 5.82 Å². The Bertz CT molecular complexity index is 774. The third-order valence-electron chi connectivity index (χ3n) is 4.88. The summed E-state index contributed by atoms with van der Waals surface area (Å²) in [5.41, 5.74) is 1.62. The number of methoxy groups -OCH3 is 1. The molecule has 2 aromatic rings. The van der Waals surface area contributed by atoms with Gasteiger partial charge in [0.2, 0.25) is 0 Å². The minimum atomic E-state index is 0.575. The monoisotopic (exact) mass is 320 g/mol. The molecule has 5 nitrogen and oxygen atoms in total. The van der Waals surface area contributed by atoms with Crippen molar-refractivity contribution in [3.63, 3.8) is 0 Å². The Labute approximate surface area is 142 Å². The van der Waals surface area contributed by atoms with Gasteiger partial charge in [0.25, 0.3) is 0 Å². The molecule has 0 spiro atoms. The number of rotatable bonds is 2. The third-order valence-corrected chi connectivity index (χ3v) is 4.88. The quantitative estimate of drug-likeness (QED) is 0.789. The Morgan fingerprint density at radius 1 is 1.00 bits per heavy atom. The number of benzene rings is 1. The predicted octanol–water partition coefficient (Wildman–Crippen LogP) is 1.78. The molecule has 2 fully saturated rings. The highest BCUT2D eigenvalue weighted by molar-refractivity contribution is 5.46. The lowest BCUT2D eigenvalue weighted by Crippen LogP contribution is -2.44. The first-order valence-corrected chi connectivity index (χ1v) is 8.19. The van der Waals surface area contributed by atoms with Crippen LogP contribution >= 0.6 is 0 Å². The van der Waals surface area contributed by atoms with E-state index in [4.69, 9.17) is 4.74 Å². The highest BCUT2D eigenvalue weighted by Gasteiger charge is 2.41. The second kappa shape index (κ2) is 6.14. The molecule has 2 saturated heterocycles. The maximum atomic E-state index is 5.14. The molecule has 5 heteroatoms. The maximum Gasteiger partial charge on any atom is 0.151 e. The lowest BCUT2D eigenvalue weighted by Gasteiger charge is -2.32. The molecule has 0 amide bonds. The molecule has 1 aromatic carbocycles. The molecule has 0 unspecified atom stereocenters. The molecule has 2 aliphatic rings. The summed E-state index contributed by atoms with van der Waals surface area (Å²) >= 11 is 0. The summed E-state index contributed by atoms with van der Waals surface area (Å²) in [6, 6.07) is 12.9. The van der Waals surface area contributed by atoms with Crippen LogP contribution in [0.4, 0.5) is 5.82 Å². The first-order valence-electron chi connectivity index (χ1n) is 8.19. The van der Waals surface area contributed by atoms with Gasteiger partial charge in [-0.1, -0.05) is 5.92 Å². The summed E-state index contributed by atoms with van der Waals surface area (Å²) < 4.78 is 5.14. The van der Waals surface area contributed by atoms with Crippen LogP contribution in [0.15, 0.2) is 36.4 Å². The number of likely N-dealkylation sites (N-methyl/N-ethyl adjacent to an activating group) is 1. The minimum absolute atomic E-state index is 0.575. The summed E-state index contributed by atoms with van der Waals surface area (Å²) in [6.45, 7) is 2.16. The summed E-state index contributed by atoms with van der Waals surface area (Å²) in [5, 5.41) is 8.65. The predicted molar refractivity (Wildman–Crippen MR) is 93.2 cm³/mol. The van der Waals surface area contributed by atoms with Crippen LogP contribution < -0.4 is 9.64 Å². The van der Waals surface area contributed by atoms with E-state index in [1.54, 1.807) is 7.11 Å². The number of fused-ring (bicyclic) bond motifs is 2. The van der Waals surface area contributed by atoms with E-state index in [9.17, 15) is 0 Å². The highest BCUT2D eigenvalue weighted by atomic mass is 16.5. The van der Waals surface area contributed by atoms with Crippen molar-refractivity contribution in [2.75, 3.05) is 32.1 Å². The van der Waals surface area contributed by atoms with E-state index < -0.39 is 0 Å². The Kier molecular flexibility index (Phi) is 3.83. The fourth-order valence-electron chi connectivity index (χ4n) is 3.50. The van der Waals surface area contributed by atoms with Crippen LogP contribution in [-0.2, 0) is 0 Å². The molecule has 2 atom stereocenters. The van der Waals surface area contributed by atoms with Crippen molar-refractivity contribution in [2.45, 2.75) is 18.5 Å². The van der Waals surface area contributed by atoms with Crippen LogP contribution in [0.1, 0.15) is 17.7 Å². The summed E-state index contributed by atoms with van der Waals surface area (Å²) in [6.07, 6.45) is 1.23. The molecule has 0 N–H and O–H groups in total. The summed E-state index contributed by atoms with van der Waals surface area (Å²) in [4.78, 5) is 4.81. The van der Waals surface area contributed by atoms with Crippen LogP contribution in [0, 0.1) is 11.8 Å². The zero-order valence-electron chi connectivity index (χ0n) is 13.9. The van der Waals surface area contributed by atoms with Crippen molar-refractivity contribution >= 4 is 5.82 Å². The van der Waals surface area contributed by atoms with Crippen molar-refractivity contribution < 1.29 is 4.74 Å². The molecule has 0 saturated carbocycles. The summed E-state index contributed by atoms with van der Waals surface area (Å²) in [7, 11) is 3.85. The summed E-state index contributed by atoms with van der Waals surface area (Å²) in [5.74, 6) is 7.96. The van der Waals surface area contributed by atoms with Gasteiger partial charge < -0.3 is 9.64 Å². The molecule has 0 radical (unpaired) electrons. The standard InChI is InChI=1S/C19H20N4O/c1-22-12-17-11-16(22)13-23(17)19-10-7-15(20-21-19)6-3-14-4-8-18(24-2)9-5-14/h4-5,7-10,16-17H,11-13H2,1-2H3/t16-,17+/m0/s1. The molecule has 3 heterocycles. The number of hydrogen-bond donors (Lipinski definition) is 0. The SMILES string of the molecule is COc1ccc(C#Cc2ccc(N3C[C@@H]4C[C@@H]3CN4C)nn2)cc1. The maximum absolute atomic E-state index is 5.14. The first-order chi connectivity index (χ1) is 11.7.